The van der Waals surface area contributed by atoms with Gasteiger partial charge in [-0.2, -0.15) is 4.98 Å². The first-order valence-corrected chi connectivity index (χ1v) is 6.03. The molecule has 0 aliphatic carbocycles. The first-order chi connectivity index (χ1) is 9.28. The summed E-state index contributed by atoms with van der Waals surface area (Å²) in [6.07, 6.45) is 0. The number of nitrogens with two attached hydrogens (primary N) is 1. The summed E-state index contributed by atoms with van der Waals surface area (Å²) in [4.78, 5) is 4.26. The van der Waals surface area contributed by atoms with Gasteiger partial charge in [-0.25, -0.2) is 0 Å². The molecule has 0 aliphatic heterocycles. The van der Waals surface area contributed by atoms with E-state index >= 15 is 0 Å². The van der Waals surface area contributed by atoms with Crippen molar-refractivity contribution in [2.75, 3.05) is 0 Å². The lowest BCUT2D eigenvalue weighted by Gasteiger charge is -1.95. The highest BCUT2D eigenvalue weighted by atomic mass is 35.5. The minimum Gasteiger partial charge on any atom is -0.455 e. The molecule has 0 saturated heterocycles. The van der Waals surface area contributed by atoms with E-state index in [0.717, 1.165) is 0 Å². The van der Waals surface area contributed by atoms with Crippen molar-refractivity contribution < 1.29 is 8.94 Å². The Bertz CT molecular complexity index is 705. The lowest BCUT2D eigenvalue weighted by atomic mass is 10.2. The summed E-state index contributed by atoms with van der Waals surface area (Å²) in [5.74, 6) is 1.87. The average molecular weight is 276 g/mol. The molecule has 96 valence electrons. The van der Waals surface area contributed by atoms with Crippen LogP contribution in [0.1, 0.15) is 5.76 Å². The zero-order valence-electron chi connectivity index (χ0n) is 9.84. The van der Waals surface area contributed by atoms with E-state index in [1.54, 1.807) is 18.2 Å². The van der Waals surface area contributed by atoms with Gasteiger partial charge in [0.15, 0.2) is 5.76 Å². The van der Waals surface area contributed by atoms with Crippen LogP contribution >= 0.6 is 11.6 Å². The van der Waals surface area contributed by atoms with Gasteiger partial charge in [0.2, 0.25) is 5.82 Å². The smallest absolute Gasteiger partial charge is 0.293 e. The molecule has 2 aromatic heterocycles. The maximum absolute atomic E-state index is 6.08. The highest BCUT2D eigenvalue weighted by molar-refractivity contribution is 6.33. The third kappa shape index (κ3) is 2.25. The number of hydrogen-bond acceptors (Lipinski definition) is 5. The van der Waals surface area contributed by atoms with Crippen molar-refractivity contribution in [2.45, 2.75) is 6.54 Å². The number of nitrogens with zero attached hydrogens (tertiary/aromatic N) is 2. The molecule has 19 heavy (non-hydrogen) atoms. The van der Waals surface area contributed by atoms with Crippen molar-refractivity contribution in [2.24, 2.45) is 5.73 Å². The van der Waals surface area contributed by atoms with Gasteiger partial charge in [-0.15, -0.1) is 0 Å². The molecule has 0 bridgehead atoms. The predicted octanol–water partition coefficient (Wildman–Crippen LogP) is 3.11. The molecule has 0 saturated carbocycles. The van der Waals surface area contributed by atoms with Crippen LogP contribution in [0, 0.1) is 0 Å². The molecule has 0 atom stereocenters. The normalized spacial score (nSPS) is 10.8. The third-order valence-corrected chi connectivity index (χ3v) is 2.94. The summed E-state index contributed by atoms with van der Waals surface area (Å²) in [5.41, 5.74) is 6.19. The topological polar surface area (TPSA) is 78.1 Å². The number of halogens is 1. The van der Waals surface area contributed by atoms with Crippen LogP contribution < -0.4 is 5.73 Å². The average Bonchev–Trinajstić information content (AvgIpc) is 3.08. The van der Waals surface area contributed by atoms with Crippen LogP contribution in [0.4, 0.5) is 0 Å². The maximum Gasteiger partial charge on any atom is 0.293 e. The summed E-state index contributed by atoms with van der Waals surface area (Å²) < 4.78 is 10.6. The molecule has 2 N–H and O–H groups in total. The number of furan rings is 1. The van der Waals surface area contributed by atoms with Crippen LogP contribution in [0.25, 0.3) is 23.0 Å². The third-order valence-electron chi connectivity index (χ3n) is 2.61. The molecule has 1 aromatic carbocycles. The molecular formula is C13H10ClN3O2. The Morgan fingerprint density at radius 2 is 2.00 bits per heavy atom. The molecule has 0 fully saturated rings. The molecule has 0 unspecified atom stereocenters. The second-order valence-electron chi connectivity index (χ2n) is 3.87. The zero-order valence-corrected chi connectivity index (χ0v) is 10.6. The van der Waals surface area contributed by atoms with Crippen molar-refractivity contribution in [1.29, 1.82) is 0 Å². The van der Waals surface area contributed by atoms with Crippen LogP contribution in [0.5, 0.6) is 0 Å². The van der Waals surface area contributed by atoms with E-state index < -0.39 is 0 Å². The van der Waals surface area contributed by atoms with E-state index in [1.165, 1.54) is 0 Å². The van der Waals surface area contributed by atoms with Gasteiger partial charge in [-0.3, -0.25) is 0 Å². The van der Waals surface area contributed by atoms with E-state index in [9.17, 15) is 0 Å². The minimum absolute atomic E-state index is 0.301. The van der Waals surface area contributed by atoms with Crippen LogP contribution in [0.3, 0.4) is 0 Å². The van der Waals surface area contributed by atoms with Crippen molar-refractivity contribution in [3.05, 3.63) is 47.2 Å². The SMILES string of the molecule is NCc1ccc(-c2nc(-c3ccccc3Cl)no2)o1. The van der Waals surface area contributed by atoms with Gasteiger partial charge in [0, 0.05) is 5.56 Å². The Labute approximate surface area is 114 Å². The lowest BCUT2D eigenvalue weighted by Crippen LogP contribution is -1.92. The van der Waals surface area contributed by atoms with Crippen molar-refractivity contribution >= 4 is 11.6 Å². The Kier molecular flexibility index (Phi) is 3.06. The predicted molar refractivity (Wildman–Crippen MR) is 70.3 cm³/mol. The molecule has 3 rings (SSSR count). The highest BCUT2D eigenvalue weighted by Gasteiger charge is 2.15. The first kappa shape index (κ1) is 12.0. The van der Waals surface area contributed by atoms with Gasteiger partial charge in [0.1, 0.15) is 5.76 Å². The van der Waals surface area contributed by atoms with E-state index in [4.69, 9.17) is 26.3 Å². The summed E-state index contributed by atoms with van der Waals surface area (Å²) in [7, 11) is 0. The molecule has 2 heterocycles. The quantitative estimate of drug-likeness (QED) is 0.794. The van der Waals surface area contributed by atoms with Crippen molar-refractivity contribution in [3.63, 3.8) is 0 Å². The highest BCUT2D eigenvalue weighted by Crippen LogP contribution is 2.28. The van der Waals surface area contributed by atoms with Crippen LogP contribution in [0.15, 0.2) is 45.3 Å². The molecule has 3 aromatic rings. The zero-order chi connectivity index (χ0) is 13.2. The van der Waals surface area contributed by atoms with E-state index in [0.29, 0.717) is 40.4 Å². The largest absolute Gasteiger partial charge is 0.455 e. The van der Waals surface area contributed by atoms with Crippen LogP contribution in [-0.4, -0.2) is 10.1 Å². The number of benzene rings is 1. The Hall–Kier alpha value is -2.11. The lowest BCUT2D eigenvalue weighted by molar-refractivity contribution is 0.412. The van der Waals surface area contributed by atoms with Crippen LogP contribution in [-0.2, 0) is 6.54 Å². The molecular weight excluding hydrogens is 266 g/mol. The Morgan fingerprint density at radius 3 is 2.74 bits per heavy atom. The first-order valence-electron chi connectivity index (χ1n) is 5.65. The second kappa shape index (κ2) is 4.87. The minimum atomic E-state index is 0.301. The second-order valence-corrected chi connectivity index (χ2v) is 4.28. The van der Waals surface area contributed by atoms with Gasteiger partial charge >= 0.3 is 0 Å². The van der Waals surface area contributed by atoms with E-state index in [1.807, 2.05) is 18.2 Å². The van der Waals surface area contributed by atoms with Gasteiger partial charge in [0.05, 0.1) is 11.6 Å². The van der Waals surface area contributed by atoms with Crippen molar-refractivity contribution in [3.8, 4) is 23.0 Å². The van der Waals surface area contributed by atoms with Gasteiger partial charge < -0.3 is 14.7 Å². The van der Waals surface area contributed by atoms with Crippen molar-refractivity contribution in [1.82, 2.24) is 10.1 Å². The molecule has 0 radical (unpaired) electrons. The fraction of sp³-hybridized carbons (Fsp3) is 0.0769. The van der Waals surface area contributed by atoms with Gasteiger partial charge in [-0.1, -0.05) is 28.9 Å². The Morgan fingerprint density at radius 1 is 1.16 bits per heavy atom. The van der Waals surface area contributed by atoms with Crippen LogP contribution in [0.2, 0.25) is 5.02 Å². The monoisotopic (exact) mass is 275 g/mol. The summed E-state index contributed by atoms with van der Waals surface area (Å²) >= 11 is 6.08. The molecule has 0 amide bonds. The number of rotatable bonds is 3. The standard InChI is InChI=1S/C13H10ClN3O2/c14-10-4-2-1-3-9(10)12-16-13(19-17-12)11-6-5-8(7-15)18-11/h1-6H,7,15H2. The summed E-state index contributed by atoms with van der Waals surface area (Å²) in [5, 5.41) is 4.46. The Balaban J connectivity index is 1.97. The summed E-state index contributed by atoms with van der Waals surface area (Å²) in [6, 6.07) is 10.8. The number of aromatic nitrogens is 2. The molecule has 6 heteroatoms. The number of hydrogen-bond donors (Lipinski definition) is 1. The molecule has 5 nitrogen and oxygen atoms in total. The van der Waals surface area contributed by atoms with E-state index in [2.05, 4.69) is 10.1 Å². The molecule has 0 spiro atoms. The van der Waals surface area contributed by atoms with Gasteiger partial charge in [-0.05, 0) is 24.3 Å². The fourth-order valence-electron chi connectivity index (χ4n) is 1.68. The van der Waals surface area contributed by atoms with Gasteiger partial charge in [0.25, 0.3) is 5.89 Å². The fourth-order valence-corrected chi connectivity index (χ4v) is 1.90. The maximum atomic E-state index is 6.08. The van der Waals surface area contributed by atoms with E-state index in [-0.39, 0.29) is 0 Å². The molecule has 0 aliphatic rings. The summed E-state index contributed by atoms with van der Waals surface area (Å²) in [6.45, 7) is 0.325.